The molecule has 0 fully saturated rings. The highest BCUT2D eigenvalue weighted by atomic mass is 16.7. The highest BCUT2D eigenvalue weighted by Gasteiger charge is 2.36. The van der Waals surface area contributed by atoms with Crippen molar-refractivity contribution in [3.05, 3.63) is 11.6 Å². The Kier molecular flexibility index (Phi) is 2.64. The minimum atomic E-state index is -1.18. The lowest BCUT2D eigenvalue weighted by Gasteiger charge is -2.36. The van der Waals surface area contributed by atoms with Gasteiger partial charge in [-0.2, -0.15) is 0 Å². The summed E-state index contributed by atoms with van der Waals surface area (Å²) in [6, 6.07) is 0. The van der Waals surface area contributed by atoms with E-state index in [0.717, 1.165) is 6.42 Å². The number of hydrogen-bond donors (Lipinski definition) is 1. The van der Waals surface area contributed by atoms with Gasteiger partial charge in [0, 0.05) is 6.42 Å². The van der Waals surface area contributed by atoms with Crippen LogP contribution in [0.3, 0.4) is 0 Å². The van der Waals surface area contributed by atoms with Crippen molar-refractivity contribution in [1.82, 2.24) is 0 Å². The van der Waals surface area contributed by atoms with Gasteiger partial charge >= 0.3 is 6.16 Å². The SMILES string of the molecule is CC1=CCC(C)(OC(=O)O)C(C)C1. The van der Waals surface area contributed by atoms with Gasteiger partial charge in [0.05, 0.1) is 0 Å². The van der Waals surface area contributed by atoms with E-state index in [0.29, 0.717) is 6.42 Å². The van der Waals surface area contributed by atoms with Gasteiger partial charge in [-0.15, -0.1) is 0 Å². The molecule has 0 spiro atoms. The molecule has 0 aromatic rings. The van der Waals surface area contributed by atoms with Gasteiger partial charge in [0.15, 0.2) is 0 Å². The van der Waals surface area contributed by atoms with Gasteiger partial charge in [-0.05, 0) is 26.2 Å². The lowest BCUT2D eigenvalue weighted by molar-refractivity contribution is -0.0420. The zero-order valence-electron chi connectivity index (χ0n) is 8.33. The molecule has 0 heterocycles. The number of carbonyl (C=O) groups is 1. The Morgan fingerprint density at radius 3 is 2.85 bits per heavy atom. The van der Waals surface area contributed by atoms with Gasteiger partial charge in [0.25, 0.3) is 0 Å². The third kappa shape index (κ3) is 2.23. The second-order valence-electron chi connectivity index (χ2n) is 4.04. The zero-order chi connectivity index (χ0) is 10.1. The number of carboxylic acid groups (broad SMARTS) is 1. The minimum absolute atomic E-state index is 0.258. The van der Waals surface area contributed by atoms with Gasteiger partial charge in [-0.25, -0.2) is 4.79 Å². The van der Waals surface area contributed by atoms with Crippen molar-refractivity contribution >= 4 is 6.16 Å². The fraction of sp³-hybridized carbons (Fsp3) is 0.700. The zero-order valence-corrected chi connectivity index (χ0v) is 8.33. The Hall–Kier alpha value is -0.990. The molecule has 3 heteroatoms. The van der Waals surface area contributed by atoms with Crippen LogP contribution in [0.15, 0.2) is 11.6 Å². The predicted molar refractivity (Wildman–Crippen MR) is 49.7 cm³/mol. The van der Waals surface area contributed by atoms with Crippen LogP contribution in [-0.4, -0.2) is 16.9 Å². The molecule has 1 rings (SSSR count). The molecule has 3 nitrogen and oxygen atoms in total. The first-order valence-corrected chi connectivity index (χ1v) is 4.51. The molecule has 0 radical (unpaired) electrons. The molecule has 0 saturated heterocycles. The molecule has 0 aliphatic heterocycles. The van der Waals surface area contributed by atoms with Crippen LogP contribution in [0, 0.1) is 5.92 Å². The molecule has 0 bridgehead atoms. The summed E-state index contributed by atoms with van der Waals surface area (Å²) in [5.74, 6) is 0.258. The first-order valence-electron chi connectivity index (χ1n) is 4.51. The van der Waals surface area contributed by atoms with Crippen molar-refractivity contribution in [2.24, 2.45) is 5.92 Å². The second-order valence-corrected chi connectivity index (χ2v) is 4.04. The molecule has 0 aromatic carbocycles. The number of allylic oxidation sites excluding steroid dienone is 1. The van der Waals surface area contributed by atoms with Gasteiger partial charge < -0.3 is 9.84 Å². The van der Waals surface area contributed by atoms with Gasteiger partial charge in [-0.1, -0.05) is 18.6 Å². The van der Waals surface area contributed by atoms with Gasteiger partial charge in [0.2, 0.25) is 0 Å². The Bertz CT molecular complexity index is 245. The van der Waals surface area contributed by atoms with E-state index >= 15 is 0 Å². The van der Waals surface area contributed by atoms with Crippen molar-refractivity contribution in [3.63, 3.8) is 0 Å². The topological polar surface area (TPSA) is 46.5 Å². The number of hydrogen-bond acceptors (Lipinski definition) is 2. The summed E-state index contributed by atoms with van der Waals surface area (Å²) < 4.78 is 4.91. The van der Waals surface area contributed by atoms with Crippen molar-refractivity contribution in [2.45, 2.75) is 39.2 Å². The lowest BCUT2D eigenvalue weighted by Crippen LogP contribution is -2.39. The average molecular weight is 184 g/mol. The smallest absolute Gasteiger partial charge is 0.450 e. The highest BCUT2D eigenvalue weighted by molar-refractivity contribution is 5.57. The summed E-state index contributed by atoms with van der Waals surface area (Å²) in [5.41, 5.74) is 0.782. The fourth-order valence-corrected chi connectivity index (χ4v) is 1.70. The molecule has 1 aliphatic rings. The molecule has 1 aliphatic carbocycles. The summed E-state index contributed by atoms with van der Waals surface area (Å²) in [7, 11) is 0. The summed E-state index contributed by atoms with van der Waals surface area (Å²) in [6.07, 6.45) is 2.49. The van der Waals surface area contributed by atoms with Crippen LogP contribution in [-0.2, 0) is 4.74 Å². The highest BCUT2D eigenvalue weighted by Crippen LogP contribution is 2.35. The molecule has 0 amide bonds. The van der Waals surface area contributed by atoms with Crippen molar-refractivity contribution in [2.75, 3.05) is 0 Å². The monoisotopic (exact) mass is 184 g/mol. The normalized spacial score (nSPS) is 33.8. The maximum absolute atomic E-state index is 10.5. The molecular weight excluding hydrogens is 168 g/mol. The quantitative estimate of drug-likeness (QED) is 0.503. The van der Waals surface area contributed by atoms with E-state index in [-0.39, 0.29) is 5.92 Å². The largest absolute Gasteiger partial charge is 0.506 e. The first kappa shape index (κ1) is 10.1. The van der Waals surface area contributed by atoms with Crippen LogP contribution < -0.4 is 0 Å². The summed E-state index contributed by atoms with van der Waals surface area (Å²) in [6.45, 7) is 5.95. The maximum Gasteiger partial charge on any atom is 0.506 e. The molecule has 0 aromatic heterocycles. The average Bonchev–Trinajstić information content (AvgIpc) is 1.97. The fourth-order valence-electron chi connectivity index (χ4n) is 1.70. The number of rotatable bonds is 1. The molecule has 13 heavy (non-hydrogen) atoms. The number of ether oxygens (including phenoxy) is 1. The van der Waals surface area contributed by atoms with Crippen LogP contribution in [0.25, 0.3) is 0 Å². The lowest BCUT2D eigenvalue weighted by atomic mass is 9.78. The van der Waals surface area contributed by atoms with Gasteiger partial charge in [0.1, 0.15) is 5.60 Å². The Morgan fingerprint density at radius 1 is 1.77 bits per heavy atom. The molecule has 1 N–H and O–H groups in total. The summed E-state index contributed by atoms with van der Waals surface area (Å²) in [4.78, 5) is 10.5. The Labute approximate surface area is 78.4 Å². The van der Waals surface area contributed by atoms with E-state index in [4.69, 9.17) is 9.84 Å². The van der Waals surface area contributed by atoms with Crippen LogP contribution in [0.4, 0.5) is 4.79 Å². The van der Waals surface area contributed by atoms with E-state index in [2.05, 4.69) is 13.0 Å². The second kappa shape index (κ2) is 3.40. The van der Waals surface area contributed by atoms with Gasteiger partial charge in [-0.3, -0.25) is 0 Å². The van der Waals surface area contributed by atoms with Crippen molar-refractivity contribution in [1.29, 1.82) is 0 Å². The summed E-state index contributed by atoms with van der Waals surface area (Å²) in [5, 5.41) is 8.57. The van der Waals surface area contributed by atoms with Crippen molar-refractivity contribution in [3.8, 4) is 0 Å². The Balaban J connectivity index is 2.74. The first-order chi connectivity index (χ1) is 5.94. The van der Waals surface area contributed by atoms with E-state index in [1.807, 2.05) is 13.8 Å². The molecule has 2 atom stereocenters. The Morgan fingerprint density at radius 2 is 2.38 bits per heavy atom. The predicted octanol–water partition coefficient (Wildman–Crippen LogP) is 2.82. The van der Waals surface area contributed by atoms with Crippen LogP contribution in [0.1, 0.15) is 33.6 Å². The van der Waals surface area contributed by atoms with E-state index in [1.165, 1.54) is 5.57 Å². The maximum atomic E-state index is 10.5. The van der Waals surface area contributed by atoms with E-state index < -0.39 is 11.8 Å². The van der Waals surface area contributed by atoms with Crippen molar-refractivity contribution < 1.29 is 14.6 Å². The summed E-state index contributed by atoms with van der Waals surface area (Å²) >= 11 is 0. The van der Waals surface area contributed by atoms with Crippen LogP contribution in [0.2, 0.25) is 0 Å². The minimum Gasteiger partial charge on any atom is -0.450 e. The molecular formula is C10H16O3. The standard InChI is InChI=1S/C10H16O3/c1-7-4-5-10(3,8(2)6-7)13-9(11)12/h4,8H,5-6H2,1-3H3,(H,11,12). The van der Waals surface area contributed by atoms with E-state index in [1.54, 1.807) is 0 Å². The molecule has 2 unspecified atom stereocenters. The third-order valence-corrected chi connectivity index (χ3v) is 2.85. The molecule has 74 valence electrons. The van der Waals surface area contributed by atoms with Crippen LogP contribution in [0.5, 0.6) is 0 Å². The molecule has 0 saturated carbocycles. The third-order valence-electron chi connectivity index (χ3n) is 2.85. The van der Waals surface area contributed by atoms with E-state index in [9.17, 15) is 4.79 Å². The van der Waals surface area contributed by atoms with Crippen LogP contribution >= 0.6 is 0 Å².